The van der Waals surface area contributed by atoms with Gasteiger partial charge in [-0.25, -0.2) is 4.79 Å². The molecular weight excluding hydrogens is 324 g/mol. The van der Waals surface area contributed by atoms with Gasteiger partial charge in [0.05, 0.1) is 6.10 Å². The van der Waals surface area contributed by atoms with Crippen LogP contribution < -0.4 is 5.32 Å². The van der Waals surface area contributed by atoms with E-state index in [0.717, 1.165) is 5.56 Å². The molecule has 7 heteroatoms. The van der Waals surface area contributed by atoms with E-state index in [1.165, 1.54) is 4.90 Å². The molecule has 1 heterocycles. The maximum absolute atomic E-state index is 12.3. The number of carbonyl (C=O) groups excluding carboxylic acids is 1. The lowest BCUT2D eigenvalue weighted by atomic mass is 9.86. The number of carboxylic acid groups (broad SMARTS) is 1. The molecule has 0 bridgehead atoms. The second kappa shape index (κ2) is 8.31. The zero-order chi connectivity index (χ0) is 18.4. The highest BCUT2D eigenvalue weighted by Gasteiger charge is 2.43. The average molecular weight is 350 g/mol. The SMILES string of the molecule is CC1CC(O)(C(=O)NCCC[C@H](O)c2ccccc2)CCN1C(=O)O. The number of hydrogen-bond acceptors (Lipinski definition) is 4. The quantitative estimate of drug-likeness (QED) is 0.581. The second-order valence-electron chi connectivity index (χ2n) is 6.64. The van der Waals surface area contributed by atoms with Crippen LogP contribution in [0.2, 0.25) is 0 Å². The highest BCUT2D eigenvalue weighted by Crippen LogP contribution is 2.27. The first-order chi connectivity index (χ1) is 11.8. The number of nitrogens with one attached hydrogen (secondary N) is 1. The van der Waals surface area contributed by atoms with Crippen molar-refractivity contribution in [3.8, 4) is 0 Å². The van der Waals surface area contributed by atoms with Crippen molar-refractivity contribution in [3.63, 3.8) is 0 Å². The molecule has 1 aromatic carbocycles. The van der Waals surface area contributed by atoms with E-state index in [9.17, 15) is 19.8 Å². The third-order valence-electron chi connectivity index (χ3n) is 4.72. The first-order valence-corrected chi connectivity index (χ1v) is 8.57. The summed E-state index contributed by atoms with van der Waals surface area (Å²) in [6.07, 6.45) is -0.370. The molecule has 1 aliphatic heterocycles. The summed E-state index contributed by atoms with van der Waals surface area (Å²) in [6, 6.07) is 8.89. The summed E-state index contributed by atoms with van der Waals surface area (Å²) in [4.78, 5) is 24.6. The molecule has 1 fully saturated rings. The van der Waals surface area contributed by atoms with Crippen LogP contribution in [0.1, 0.15) is 44.3 Å². The van der Waals surface area contributed by atoms with Crippen molar-refractivity contribution in [1.82, 2.24) is 10.2 Å². The van der Waals surface area contributed by atoms with Crippen molar-refractivity contribution >= 4 is 12.0 Å². The average Bonchev–Trinajstić information content (AvgIpc) is 2.58. The molecule has 1 saturated heterocycles. The normalized spacial score (nSPS) is 24.6. The molecule has 7 nitrogen and oxygen atoms in total. The number of carbonyl (C=O) groups is 2. The van der Waals surface area contributed by atoms with Crippen molar-refractivity contribution < 1.29 is 24.9 Å². The number of aliphatic hydroxyl groups is 2. The summed E-state index contributed by atoms with van der Waals surface area (Å²) in [5, 5.41) is 32.3. The topological polar surface area (TPSA) is 110 Å². The van der Waals surface area contributed by atoms with E-state index in [1.807, 2.05) is 30.3 Å². The van der Waals surface area contributed by atoms with Gasteiger partial charge in [-0.3, -0.25) is 4.79 Å². The van der Waals surface area contributed by atoms with E-state index in [0.29, 0.717) is 19.4 Å². The lowest BCUT2D eigenvalue weighted by molar-refractivity contribution is -0.146. The third-order valence-corrected chi connectivity index (χ3v) is 4.72. The molecule has 0 aliphatic carbocycles. The molecule has 1 aromatic rings. The summed E-state index contributed by atoms with van der Waals surface area (Å²) in [7, 11) is 0. The van der Waals surface area contributed by atoms with Crippen LogP contribution >= 0.6 is 0 Å². The first kappa shape index (κ1) is 19.2. The number of hydrogen-bond donors (Lipinski definition) is 4. The molecule has 2 unspecified atom stereocenters. The first-order valence-electron chi connectivity index (χ1n) is 8.57. The maximum atomic E-state index is 12.3. The molecule has 1 aliphatic rings. The lowest BCUT2D eigenvalue weighted by Gasteiger charge is -2.40. The van der Waals surface area contributed by atoms with E-state index in [1.54, 1.807) is 6.92 Å². The van der Waals surface area contributed by atoms with Crippen molar-refractivity contribution in [2.45, 2.75) is 50.4 Å². The van der Waals surface area contributed by atoms with Gasteiger partial charge in [-0.05, 0) is 25.3 Å². The van der Waals surface area contributed by atoms with Crippen molar-refractivity contribution in [3.05, 3.63) is 35.9 Å². The van der Waals surface area contributed by atoms with Crippen LogP contribution in [0.5, 0.6) is 0 Å². The van der Waals surface area contributed by atoms with Gasteiger partial charge in [0.15, 0.2) is 0 Å². The van der Waals surface area contributed by atoms with Gasteiger partial charge in [0, 0.05) is 32.0 Å². The van der Waals surface area contributed by atoms with E-state index in [-0.39, 0.29) is 19.4 Å². The Kier molecular flexibility index (Phi) is 6.39. The van der Waals surface area contributed by atoms with E-state index in [4.69, 9.17) is 5.11 Å². The fraction of sp³-hybridized carbons (Fsp3) is 0.556. The number of likely N-dealkylation sites (tertiary alicyclic amines) is 1. The minimum Gasteiger partial charge on any atom is -0.465 e. The van der Waals surface area contributed by atoms with Gasteiger partial charge in [-0.2, -0.15) is 0 Å². The lowest BCUT2D eigenvalue weighted by Crippen LogP contribution is -2.57. The summed E-state index contributed by atoms with van der Waals surface area (Å²) in [6.45, 7) is 2.16. The fourth-order valence-corrected chi connectivity index (χ4v) is 3.22. The van der Waals surface area contributed by atoms with Crippen LogP contribution in [0, 0.1) is 0 Å². The Hall–Kier alpha value is -2.12. The van der Waals surface area contributed by atoms with Crippen molar-refractivity contribution in [2.24, 2.45) is 0 Å². The largest absolute Gasteiger partial charge is 0.465 e. The molecule has 2 rings (SSSR count). The Bertz CT molecular complexity index is 594. The Balaban J connectivity index is 1.76. The number of nitrogens with zero attached hydrogens (tertiary/aromatic N) is 1. The fourth-order valence-electron chi connectivity index (χ4n) is 3.22. The summed E-state index contributed by atoms with van der Waals surface area (Å²) in [5.74, 6) is -0.474. The van der Waals surface area contributed by atoms with Crippen LogP contribution in [-0.4, -0.2) is 57.0 Å². The molecule has 4 N–H and O–H groups in total. The monoisotopic (exact) mass is 350 g/mol. The molecule has 25 heavy (non-hydrogen) atoms. The van der Waals surface area contributed by atoms with Gasteiger partial charge in [0.2, 0.25) is 0 Å². The van der Waals surface area contributed by atoms with E-state index < -0.39 is 29.7 Å². The van der Waals surface area contributed by atoms with Crippen LogP contribution in [-0.2, 0) is 4.79 Å². The standard InChI is InChI=1S/C18H26N2O5/c1-13-12-18(25,9-11-20(13)17(23)24)16(22)19-10-5-8-15(21)14-6-3-2-4-7-14/h2-4,6-7,13,15,21,25H,5,8-12H2,1H3,(H,19,22)(H,23,24)/t13?,15-,18?/m0/s1. The molecular formula is C18H26N2O5. The van der Waals surface area contributed by atoms with Crippen LogP contribution in [0.4, 0.5) is 4.79 Å². The van der Waals surface area contributed by atoms with Gasteiger partial charge < -0.3 is 25.5 Å². The Labute approximate surface area is 147 Å². The number of amides is 2. The van der Waals surface area contributed by atoms with Gasteiger partial charge in [0.1, 0.15) is 5.60 Å². The number of rotatable bonds is 6. The van der Waals surface area contributed by atoms with Crippen LogP contribution in [0.15, 0.2) is 30.3 Å². The maximum Gasteiger partial charge on any atom is 0.407 e. The molecule has 3 atom stereocenters. The Morgan fingerprint density at radius 3 is 2.64 bits per heavy atom. The van der Waals surface area contributed by atoms with E-state index >= 15 is 0 Å². The zero-order valence-electron chi connectivity index (χ0n) is 14.4. The number of benzene rings is 1. The van der Waals surface area contributed by atoms with Crippen molar-refractivity contribution in [1.29, 1.82) is 0 Å². The van der Waals surface area contributed by atoms with Crippen LogP contribution in [0.25, 0.3) is 0 Å². The third kappa shape index (κ3) is 4.93. The van der Waals surface area contributed by atoms with Gasteiger partial charge in [-0.15, -0.1) is 0 Å². The zero-order valence-corrected chi connectivity index (χ0v) is 14.4. The molecule has 0 spiro atoms. The minimum absolute atomic E-state index is 0.0811. The smallest absolute Gasteiger partial charge is 0.407 e. The summed E-state index contributed by atoms with van der Waals surface area (Å²) >= 11 is 0. The second-order valence-corrected chi connectivity index (χ2v) is 6.64. The molecule has 0 saturated carbocycles. The molecule has 0 radical (unpaired) electrons. The predicted molar refractivity (Wildman–Crippen MR) is 92.0 cm³/mol. The number of aliphatic hydroxyl groups excluding tert-OH is 1. The molecule has 0 aromatic heterocycles. The van der Waals surface area contributed by atoms with Gasteiger partial charge in [0.25, 0.3) is 5.91 Å². The van der Waals surface area contributed by atoms with Crippen LogP contribution in [0.3, 0.4) is 0 Å². The highest BCUT2D eigenvalue weighted by atomic mass is 16.4. The predicted octanol–water partition coefficient (Wildman–Crippen LogP) is 1.51. The van der Waals surface area contributed by atoms with E-state index in [2.05, 4.69) is 5.32 Å². The highest BCUT2D eigenvalue weighted by molar-refractivity contribution is 5.85. The van der Waals surface area contributed by atoms with Gasteiger partial charge in [-0.1, -0.05) is 30.3 Å². The summed E-state index contributed by atoms with van der Waals surface area (Å²) in [5.41, 5.74) is -0.703. The number of piperidine rings is 1. The summed E-state index contributed by atoms with van der Waals surface area (Å²) < 4.78 is 0. The minimum atomic E-state index is -1.54. The van der Waals surface area contributed by atoms with Gasteiger partial charge >= 0.3 is 6.09 Å². The Morgan fingerprint density at radius 1 is 1.36 bits per heavy atom. The van der Waals surface area contributed by atoms with Crippen molar-refractivity contribution in [2.75, 3.05) is 13.1 Å². The molecule has 2 amide bonds. The Morgan fingerprint density at radius 2 is 2.04 bits per heavy atom. The molecule has 138 valence electrons.